The molecule has 122 valence electrons. The van der Waals surface area contributed by atoms with E-state index < -0.39 is 0 Å². The molecule has 0 aliphatic carbocycles. The van der Waals surface area contributed by atoms with Crippen molar-refractivity contribution in [3.63, 3.8) is 0 Å². The zero-order chi connectivity index (χ0) is 16.1. The van der Waals surface area contributed by atoms with Crippen LogP contribution in [0.2, 0.25) is 0 Å². The van der Waals surface area contributed by atoms with Gasteiger partial charge in [0, 0.05) is 0 Å². The molecule has 0 N–H and O–H groups in total. The molecule has 4 heteroatoms. The summed E-state index contributed by atoms with van der Waals surface area (Å²) in [5.41, 5.74) is 0. The Morgan fingerprint density at radius 3 is 2.43 bits per heavy atom. The second-order valence-electron chi connectivity index (χ2n) is 5.79. The number of rotatable bonds is 12. The van der Waals surface area contributed by atoms with Gasteiger partial charge in [-0.25, -0.2) is 0 Å². The van der Waals surface area contributed by atoms with Crippen LogP contribution < -0.4 is 0 Å². The van der Waals surface area contributed by atoms with Crippen LogP contribution in [0.1, 0.15) is 72.6 Å². The fraction of sp³-hybridized carbons (Fsp3) is 0.882. The average molecular weight is 314 g/mol. The first-order valence-electron chi connectivity index (χ1n) is 8.29. The summed E-state index contributed by atoms with van der Waals surface area (Å²) in [7, 11) is 0. The lowest BCUT2D eigenvalue weighted by molar-refractivity contribution is -0.148. The molecule has 0 aromatic carbocycles. The summed E-state index contributed by atoms with van der Waals surface area (Å²) in [5, 5.41) is 10.4. The number of thiocyanates is 1. The summed E-state index contributed by atoms with van der Waals surface area (Å²) in [4.78, 5) is 11.7. The summed E-state index contributed by atoms with van der Waals surface area (Å²) in [6.45, 7) is 8.74. The number of nitrogens with zero attached hydrogens (tertiary/aromatic N) is 1. The van der Waals surface area contributed by atoms with Gasteiger partial charge in [0.15, 0.2) is 0 Å². The van der Waals surface area contributed by atoms with Crippen LogP contribution in [-0.4, -0.2) is 17.8 Å². The number of ether oxygens (including phenoxy) is 1. The van der Waals surface area contributed by atoms with Gasteiger partial charge in [-0.3, -0.25) is 4.79 Å². The summed E-state index contributed by atoms with van der Waals surface area (Å²) < 4.78 is 5.59. The molecule has 0 heterocycles. The minimum absolute atomic E-state index is 0.00234. The monoisotopic (exact) mass is 313 g/mol. The Hall–Kier alpha value is -0.690. The molecule has 21 heavy (non-hydrogen) atoms. The largest absolute Gasteiger partial charge is 0.461 e. The van der Waals surface area contributed by atoms with E-state index in [1.54, 1.807) is 0 Å². The third-order valence-corrected chi connectivity index (χ3v) is 4.73. The maximum atomic E-state index is 11.7. The number of carbonyl (C=O) groups is 1. The van der Waals surface area contributed by atoms with Gasteiger partial charge in [-0.1, -0.05) is 59.8 Å². The van der Waals surface area contributed by atoms with Crippen LogP contribution in [-0.2, 0) is 9.53 Å². The fourth-order valence-corrected chi connectivity index (χ4v) is 2.71. The van der Waals surface area contributed by atoms with Gasteiger partial charge in [-0.15, -0.1) is 0 Å². The molecule has 3 nitrogen and oxygen atoms in total. The fourth-order valence-electron chi connectivity index (χ4n) is 2.46. The molecule has 0 bridgehead atoms. The van der Waals surface area contributed by atoms with E-state index in [0.29, 0.717) is 5.92 Å². The Morgan fingerprint density at radius 1 is 1.19 bits per heavy atom. The predicted octanol–water partition coefficient (Wildman–Crippen LogP) is 5.16. The molecule has 0 rings (SSSR count). The van der Waals surface area contributed by atoms with E-state index in [1.165, 1.54) is 25.7 Å². The highest BCUT2D eigenvalue weighted by atomic mass is 32.2. The maximum absolute atomic E-state index is 11.7. The minimum atomic E-state index is -0.256. The van der Waals surface area contributed by atoms with E-state index in [0.717, 1.165) is 36.9 Å². The van der Waals surface area contributed by atoms with Crippen molar-refractivity contribution in [2.75, 3.05) is 5.75 Å². The van der Waals surface area contributed by atoms with Crippen LogP contribution in [0.25, 0.3) is 0 Å². The average Bonchev–Trinajstić information content (AvgIpc) is 2.50. The molecular weight excluding hydrogens is 282 g/mol. The van der Waals surface area contributed by atoms with Gasteiger partial charge in [0.25, 0.3) is 0 Å². The van der Waals surface area contributed by atoms with E-state index in [-0.39, 0.29) is 17.8 Å². The van der Waals surface area contributed by atoms with Gasteiger partial charge in [-0.05, 0) is 36.4 Å². The van der Waals surface area contributed by atoms with Crippen molar-refractivity contribution in [1.29, 1.82) is 5.26 Å². The van der Waals surface area contributed by atoms with Gasteiger partial charge in [0.1, 0.15) is 17.3 Å². The Labute approximate surface area is 134 Å². The third kappa shape index (κ3) is 9.79. The van der Waals surface area contributed by atoms with Crippen molar-refractivity contribution in [3.05, 3.63) is 0 Å². The predicted molar refractivity (Wildman–Crippen MR) is 89.9 cm³/mol. The van der Waals surface area contributed by atoms with Crippen LogP contribution >= 0.6 is 11.8 Å². The van der Waals surface area contributed by atoms with Crippen molar-refractivity contribution in [1.82, 2.24) is 0 Å². The van der Waals surface area contributed by atoms with Crippen LogP contribution in [0.15, 0.2) is 0 Å². The summed E-state index contributed by atoms with van der Waals surface area (Å²) in [5.74, 6) is 0.998. The standard InChI is InChI=1S/C17H31NO2S/c1-5-8-9-15(7-3)10-11-16(14(4)6-2)20-17(19)12-21-13-18/h14-16H,5-12H2,1-4H3/t14-,15-,16+/m0/s1. The van der Waals surface area contributed by atoms with Crippen molar-refractivity contribution < 1.29 is 9.53 Å². The van der Waals surface area contributed by atoms with Gasteiger partial charge in [0.2, 0.25) is 0 Å². The van der Waals surface area contributed by atoms with Crippen molar-refractivity contribution in [2.24, 2.45) is 11.8 Å². The van der Waals surface area contributed by atoms with Crippen molar-refractivity contribution >= 4 is 17.7 Å². The van der Waals surface area contributed by atoms with Gasteiger partial charge in [-0.2, -0.15) is 5.26 Å². The molecule has 0 amide bonds. The smallest absolute Gasteiger partial charge is 0.317 e. The summed E-state index contributed by atoms with van der Waals surface area (Å²) >= 11 is 0.949. The van der Waals surface area contributed by atoms with Gasteiger partial charge in [0.05, 0.1) is 0 Å². The lowest BCUT2D eigenvalue weighted by Crippen LogP contribution is -2.26. The third-order valence-electron chi connectivity index (χ3n) is 4.22. The number of hydrogen-bond donors (Lipinski definition) is 0. The van der Waals surface area contributed by atoms with Crippen LogP contribution in [0.5, 0.6) is 0 Å². The minimum Gasteiger partial charge on any atom is -0.461 e. The highest BCUT2D eigenvalue weighted by molar-refractivity contribution is 8.04. The highest BCUT2D eigenvalue weighted by Crippen LogP contribution is 2.24. The second kappa shape index (κ2) is 13.0. The normalized spacial score (nSPS) is 15.0. The quantitative estimate of drug-likeness (QED) is 0.369. The molecule has 0 saturated carbocycles. The molecule has 0 aromatic heterocycles. The van der Waals surface area contributed by atoms with E-state index in [4.69, 9.17) is 10.00 Å². The lowest BCUT2D eigenvalue weighted by Gasteiger charge is -2.25. The first kappa shape index (κ1) is 20.3. The molecule has 3 atom stereocenters. The van der Waals surface area contributed by atoms with Crippen LogP contribution in [0, 0.1) is 22.5 Å². The van der Waals surface area contributed by atoms with E-state index >= 15 is 0 Å². The van der Waals surface area contributed by atoms with Crippen LogP contribution in [0.4, 0.5) is 0 Å². The number of esters is 1. The van der Waals surface area contributed by atoms with E-state index in [2.05, 4.69) is 27.7 Å². The zero-order valence-corrected chi connectivity index (χ0v) is 14.9. The lowest BCUT2D eigenvalue weighted by atomic mass is 9.89. The summed E-state index contributed by atoms with van der Waals surface area (Å²) in [6, 6.07) is 0. The Morgan fingerprint density at radius 2 is 1.90 bits per heavy atom. The molecule has 0 aliphatic heterocycles. The first-order chi connectivity index (χ1) is 10.1. The maximum Gasteiger partial charge on any atom is 0.317 e. The van der Waals surface area contributed by atoms with Gasteiger partial charge >= 0.3 is 5.97 Å². The Balaban J connectivity index is 4.35. The van der Waals surface area contributed by atoms with Crippen LogP contribution in [0.3, 0.4) is 0 Å². The number of nitriles is 1. The molecule has 0 fully saturated rings. The van der Waals surface area contributed by atoms with E-state index in [1.807, 2.05) is 5.40 Å². The van der Waals surface area contributed by atoms with Gasteiger partial charge < -0.3 is 4.74 Å². The molecule has 0 spiro atoms. The molecule has 0 radical (unpaired) electrons. The molecular formula is C17H31NO2S. The number of thioether (sulfide) groups is 1. The molecule has 0 aliphatic rings. The summed E-state index contributed by atoms with van der Waals surface area (Å²) in [6.07, 6.45) is 8.08. The molecule has 0 aromatic rings. The van der Waals surface area contributed by atoms with Crippen molar-refractivity contribution in [3.8, 4) is 5.40 Å². The zero-order valence-electron chi connectivity index (χ0n) is 14.1. The number of hydrogen-bond acceptors (Lipinski definition) is 4. The number of carbonyl (C=O) groups excluding carboxylic acids is 1. The SMILES string of the molecule is CCCC[C@H](CC)CC[C@@H](OC(=O)CSC#N)[C@@H](C)CC. The Kier molecular flexibility index (Phi) is 12.6. The first-order valence-corrected chi connectivity index (χ1v) is 9.27. The Bertz CT molecular complexity index is 314. The second-order valence-corrected chi connectivity index (χ2v) is 6.55. The molecule has 0 saturated heterocycles. The molecule has 0 unspecified atom stereocenters. The number of unbranched alkanes of at least 4 members (excludes halogenated alkanes) is 1. The topological polar surface area (TPSA) is 50.1 Å². The van der Waals surface area contributed by atoms with E-state index in [9.17, 15) is 4.79 Å². The highest BCUT2D eigenvalue weighted by Gasteiger charge is 2.21. The van der Waals surface area contributed by atoms with Crippen molar-refractivity contribution in [2.45, 2.75) is 78.7 Å².